The van der Waals surface area contributed by atoms with E-state index < -0.39 is 0 Å². The van der Waals surface area contributed by atoms with Gasteiger partial charge in [0, 0.05) is 30.8 Å². The normalized spacial score (nSPS) is 12.7. The molecule has 1 atom stereocenters. The van der Waals surface area contributed by atoms with Crippen LogP contribution in [0.1, 0.15) is 23.0 Å². The van der Waals surface area contributed by atoms with Crippen LogP contribution in [0.2, 0.25) is 0 Å². The van der Waals surface area contributed by atoms with Crippen molar-refractivity contribution in [3.63, 3.8) is 0 Å². The van der Waals surface area contributed by atoms with E-state index in [9.17, 15) is 4.39 Å². The highest BCUT2D eigenvalue weighted by molar-refractivity contribution is 9.10. The molecule has 0 aliphatic heterocycles. The topological polar surface area (TPSA) is 29.9 Å². The minimum Gasteiger partial charge on any atom is -0.313 e. The van der Waals surface area contributed by atoms with E-state index in [-0.39, 0.29) is 11.9 Å². The van der Waals surface area contributed by atoms with E-state index in [1.54, 1.807) is 6.07 Å². The molecule has 0 aliphatic carbocycles. The number of rotatable bonds is 4. The second-order valence-electron chi connectivity index (χ2n) is 4.59. The average molecular weight is 326 g/mol. The Bertz CT molecular complexity index is 580. The number of nitrogens with one attached hydrogen (secondary N) is 1. The van der Waals surface area contributed by atoms with Crippen LogP contribution in [0.3, 0.4) is 0 Å². The molecule has 1 aromatic carbocycles. The summed E-state index contributed by atoms with van der Waals surface area (Å²) in [6.45, 7) is 1.96. The maximum Gasteiger partial charge on any atom is 0.142 e. The van der Waals surface area contributed by atoms with Gasteiger partial charge in [0.25, 0.3) is 0 Å². The molecule has 0 spiro atoms. The summed E-state index contributed by atoms with van der Waals surface area (Å²) in [5.41, 5.74) is 2.72. The van der Waals surface area contributed by atoms with Gasteiger partial charge in [0.1, 0.15) is 5.82 Å². The molecule has 102 valence electrons. The van der Waals surface area contributed by atoms with Gasteiger partial charge in [0.2, 0.25) is 0 Å². The van der Waals surface area contributed by atoms with Crippen molar-refractivity contribution in [1.82, 2.24) is 15.1 Å². The molecule has 0 aliphatic rings. The van der Waals surface area contributed by atoms with Crippen molar-refractivity contribution in [2.24, 2.45) is 7.05 Å². The predicted octanol–water partition coefficient (Wildman–Crippen LogP) is 3.13. The van der Waals surface area contributed by atoms with Gasteiger partial charge >= 0.3 is 0 Å². The number of hydrogen-bond acceptors (Lipinski definition) is 2. The fraction of sp³-hybridized carbons (Fsp3) is 0.357. The molecule has 3 nitrogen and oxygen atoms in total. The molecule has 0 fully saturated rings. The van der Waals surface area contributed by atoms with Crippen molar-refractivity contribution in [2.45, 2.75) is 19.4 Å². The number of aromatic nitrogens is 2. The lowest BCUT2D eigenvalue weighted by atomic mass is 10.0. The first-order chi connectivity index (χ1) is 9.02. The maximum absolute atomic E-state index is 14.1. The first kappa shape index (κ1) is 14.2. The Morgan fingerprint density at radius 2 is 2.21 bits per heavy atom. The van der Waals surface area contributed by atoms with Crippen LogP contribution in [-0.4, -0.2) is 16.8 Å². The van der Waals surface area contributed by atoms with Gasteiger partial charge in [-0.2, -0.15) is 5.10 Å². The second-order valence-corrected chi connectivity index (χ2v) is 5.44. The van der Waals surface area contributed by atoms with Gasteiger partial charge < -0.3 is 5.32 Å². The number of halogens is 2. The largest absolute Gasteiger partial charge is 0.313 e. The third-order valence-electron chi connectivity index (χ3n) is 3.22. The summed E-state index contributed by atoms with van der Waals surface area (Å²) in [5, 5.41) is 7.49. The van der Waals surface area contributed by atoms with Crippen molar-refractivity contribution in [2.75, 3.05) is 7.05 Å². The first-order valence-electron chi connectivity index (χ1n) is 6.13. The summed E-state index contributed by atoms with van der Waals surface area (Å²) in [4.78, 5) is 0. The summed E-state index contributed by atoms with van der Waals surface area (Å²) >= 11 is 3.23. The second kappa shape index (κ2) is 5.84. The number of benzene rings is 1. The van der Waals surface area contributed by atoms with E-state index in [4.69, 9.17) is 0 Å². The van der Waals surface area contributed by atoms with Gasteiger partial charge in [-0.3, -0.25) is 4.68 Å². The standard InChI is InChI=1S/C14H17BrFN3/c1-9-7-10(19(3)18-9)8-13(17-2)11-5-4-6-12(15)14(11)16/h4-7,13,17H,8H2,1-3H3. The van der Waals surface area contributed by atoms with E-state index in [2.05, 4.69) is 26.3 Å². The van der Waals surface area contributed by atoms with Crippen molar-refractivity contribution < 1.29 is 4.39 Å². The Morgan fingerprint density at radius 3 is 2.79 bits per heavy atom. The predicted molar refractivity (Wildman–Crippen MR) is 77.5 cm³/mol. The van der Waals surface area contributed by atoms with Crippen LogP contribution in [0, 0.1) is 12.7 Å². The molecule has 5 heteroatoms. The minimum absolute atomic E-state index is 0.0766. The molecular formula is C14H17BrFN3. The summed E-state index contributed by atoms with van der Waals surface area (Å²) in [7, 11) is 3.75. The van der Waals surface area contributed by atoms with Crippen molar-refractivity contribution in [3.8, 4) is 0 Å². The number of nitrogens with zero attached hydrogens (tertiary/aromatic N) is 2. The molecule has 19 heavy (non-hydrogen) atoms. The monoisotopic (exact) mass is 325 g/mol. The van der Waals surface area contributed by atoms with Crippen LogP contribution < -0.4 is 5.32 Å². The summed E-state index contributed by atoms with van der Waals surface area (Å²) in [6.07, 6.45) is 0.696. The van der Waals surface area contributed by atoms with E-state index in [0.29, 0.717) is 16.5 Å². The number of hydrogen-bond donors (Lipinski definition) is 1. The van der Waals surface area contributed by atoms with Crippen LogP contribution in [-0.2, 0) is 13.5 Å². The molecule has 1 unspecified atom stereocenters. The summed E-state index contributed by atoms with van der Waals surface area (Å²) in [6, 6.07) is 7.32. The van der Waals surface area contributed by atoms with E-state index in [1.165, 1.54) is 0 Å². The molecule has 1 N–H and O–H groups in total. The third kappa shape index (κ3) is 3.04. The Labute approximate surface area is 121 Å². The highest BCUT2D eigenvalue weighted by Crippen LogP contribution is 2.26. The molecule has 1 heterocycles. The highest BCUT2D eigenvalue weighted by Gasteiger charge is 2.18. The van der Waals surface area contributed by atoms with E-state index in [0.717, 1.165) is 11.4 Å². The lowest BCUT2D eigenvalue weighted by molar-refractivity contribution is 0.517. The Hall–Kier alpha value is -1.20. The van der Waals surface area contributed by atoms with Gasteiger partial charge in [-0.15, -0.1) is 0 Å². The number of aryl methyl sites for hydroxylation is 2. The average Bonchev–Trinajstić information content (AvgIpc) is 2.68. The SMILES string of the molecule is CNC(Cc1cc(C)nn1C)c1cccc(Br)c1F. The molecule has 0 bridgehead atoms. The molecule has 2 rings (SSSR count). The van der Waals surface area contributed by atoms with Gasteiger partial charge in [-0.25, -0.2) is 4.39 Å². The van der Waals surface area contributed by atoms with Crippen LogP contribution in [0.25, 0.3) is 0 Å². The lowest BCUT2D eigenvalue weighted by Gasteiger charge is -2.18. The van der Waals surface area contributed by atoms with Gasteiger partial charge in [0.05, 0.1) is 10.2 Å². The van der Waals surface area contributed by atoms with Crippen molar-refractivity contribution in [3.05, 3.63) is 51.5 Å². The fourth-order valence-corrected chi connectivity index (χ4v) is 2.60. The third-order valence-corrected chi connectivity index (χ3v) is 3.83. The van der Waals surface area contributed by atoms with Crippen LogP contribution in [0.4, 0.5) is 4.39 Å². The van der Waals surface area contributed by atoms with Gasteiger partial charge in [0.15, 0.2) is 0 Å². The molecular weight excluding hydrogens is 309 g/mol. The van der Waals surface area contributed by atoms with Gasteiger partial charge in [-0.1, -0.05) is 12.1 Å². The van der Waals surface area contributed by atoms with Crippen molar-refractivity contribution in [1.29, 1.82) is 0 Å². The summed E-state index contributed by atoms with van der Waals surface area (Å²) < 4.78 is 16.5. The van der Waals surface area contributed by atoms with Crippen LogP contribution in [0.15, 0.2) is 28.7 Å². The smallest absolute Gasteiger partial charge is 0.142 e. The first-order valence-corrected chi connectivity index (χ1v) is 6.93. The van der Waals surface area contributed by atoms with Crippen LogP contribution in [0.5, 0.6) is 0 Å². The van der Waals surface area contributed by atoms with Crippen molar-refractivity contribution >= 4 is 15.9 Å². The zero-order valence-corrected chi connectivity index (χ0v) is 12.8. The zero-order valence-electron chi connectivity index (χ0n) is 11.2. The highest BCUT2D eigenvalue weighted by atomic mass is 79.9. The minimum atomic E-state index is -0.208. The van der Waals surface area contributed by atoms with Gasteiger partial charge in [-0.05, 0) is 42.0 Å². The Morgan fingerprint density at radius 1 is 1.47 bits per heavy atom. The van der Waals surface area contributed by atoms with Crippen LogP contribution >= 0.6 is 15.9 Å². The maximum atomic E-state index is 14.1. The number of likely N-dealkylation sites (N-methyl/N-ethyl adjacent to an activating group) is 1. The lowest BCUT2D eigenvalue weighted by Crippen LogP contribution is -2.21. The molecule has 0 saturated carbocycles. The molecule has 0 saturated heterocycles. The Kier molecular flexibility index (Phi) is 4.37. The molecule has 0 amide bonds. The fourth-order valence-electron chi connectivity index (χ4n) is 2.22. The summed E-state index contributed by atoms with van der Waals surface area (Å²) in [5.74, 6) is -0.208. The van der Waals surface area contributed by atoms with E-state index >= 15 is 0 Å². The van der Waals surface area contributed by atoms with E-state index in [1.807, 2.05) is 43.9 Å². The Balaban J connectivity index is 2.30. The molecule has 0 radical (unpaired) electrons. The zero-order chi connectivity index (χ0) is 14.0. The molecule has 1 aromatic heterocycles. The molecule has 2 aromatic rings. The quantitative estimate of drug-likeness (QED) is 0.935.